The number of aromatic nitrogens is 2. The molecule has 0 N–H and O–H groups in total. The fourth-order valence-electron chi connectivity index (χ4n) is 1.88. The number of non-ortho nitro benzene ring substituents is 1. The number of nitro benzene ring substituents is 1. The Labute approximate surface area is 121 Å². The van der Waals surface area contributed by atoms with E-state index in [9.17, 15) is 14.9 Å². The summed E-state index contributed by atoms with van der Waals surface area (Å²) >= 11 is 4.26. The highest BCUT2D eigenvalue weighted by molar-refractivity contribution is 7.80. The van der Waals surface area contributed by atoms with Crippen molar-refractivity contribution in [2.45, 2.75) is 20.4 Å². The van der Waals surface area contributed by atoms with Gasteiger partial charge in [0.15, 0.2) is 0 Å². The zero-order valence-corrected chi connectivity index (χ0v) is 12.1. The van der Waals surface area contributed by atoms with Crippen LogP contribution in [0.3, 0.4) is 0 Å². The molecule has 2 rings (SSSR count). The van der Waals surface area contributed by atoms with Crippen LogP contribution in [0.25, 0.3) is 10.9 Å². The predicted octanol–water partition coefficient (Wildman–Crippen LogP) is 2.26. The van der Waals surface area contributed by atoms with Crippen LogP contribution < -0.4 is 5.56 Å². The molecular formula is C13H15N3O3S. The van der Waals surface area contributed by atoms with Gasteiger partial charge in [-0.3, -0.25) is 19.5 Å². The van der Waals surface area contributed by atoms with Gasteiger partial charge < -0.3 is 0 Å². The first kappa shape index (κ1) is 14.5. The third-order valence-electron chi connectivity index (χ3n) is 3.04. The van der Waals surface area contributed by atoms with E-state index in [1.165, 1.54) is 29.1 Å². The first-order chi connectivity index (χ1) is 9.34. The SMILES string of the molecule is CC(C)(CS)Cn1cnc2ccc([N+](=O)[O-])cc2c1=O. The molecule has 0 aliphatic heterocycles. The van der Waals surface area contributed by atoms with Crippen molar-refractivity contribution in [2.75, 3.05) is 5.75 Å². The van der Waals surface area contributed by atoms with Crippen molar-refractivity contribution in [1.29, 1.82) is 0 Å². The van der Waals surface area contributed by atoms with Crippen molar-refractivity contribution in [3.05, 3.63) is 45.0 Å². The molecule has 1 aromatic heterocycles. The molecule has 0 fully saturated rings. The van der Waals surface area contributed by atoms with E-state index < -0.39 is 4.92 Å². The van der Waals surface area contributed by atoms with Crippen LogP contribution in [0.1, 0.15) is 13.8 Å². The van der Waals surface area contributed by atoms with Gasteiger partial charge in [-0.25, -0.2) is 4.98 Å². The van der Waals surface area contributed by atoms with Crippen molar-refractivity contribution in [3.63, 3.8) is 0 Å². The van der Waals surface area contributed by atoms with Crippen LogP contribution in [0.15, 0.2) is 29.3 Å². The molecule has 7 heteroatoms. The van der Waals surface area contributed by atoms with Crippen LogP contribution in [-0.4, -0.2) is 20.2 Å². The molecule has 0 bridgehead atoms. The molecule has 0 saturated carbocycles. The van der Waals surface area contributed by atoms with Gasteiger partial charge in [0, 0.05) is 18.7 Å². The Hall–Kier alpha value is -1.89. The number of fused-ring (bicyclic) bond motifs is 1. The van der Waals surface area contributed by atoms with Gasteiger partial charge in [0.1, 0.15) is 0 Å². The van der Waals surface area contributed by atoms with E-state index in [-0.39, 0.29) is 22.0 Å². The second-order valence-corrected chi connectivity index (χ2v) is 5.77. The van der Waals surface area contributed by atoms with Crippen LogP contribution in [0.2, 0.25) is 0 Å². The van der Waals surface area contributed by atoms with Crippen molar-refractivity contribution in [2.24, 2.45) is 5.41 Å². The molecule has 1 heterocycles. The number of nitrogens with zero attached hydrogens (tertiary/aromatic N) is 3. The summed E-state index contributed by atoms with van der Waals surface area (Å²) in [6, 6.07) is 4.11. The molecule has 0 radical (unpaired) electrons. The van der Waals surface area contributed by atoms with Gasteiger partial charge >= 0.3 is 0 Å². The minimum atomic E-state index is -0.520. The summed E-state index contributed by atoms with van der Waals surface area (Å²) < 4.78 is 1.47. The van der Waals surface area contributed by atoms with Gasteiger partial charge in [0.05, 0.1) is 22.2 Å². The summed E-state index contributed by atoms with van der Waals surface area (Å²) in [6.07, 6.45) is 1.47. The highest BCUT2D eigenvalue weighted by Crippen LogP contribution is 2.20. The molecule has 0 amide bonds. The summed E-state index contributed by atoms with van der Waals surface area (Å²) in [4.78, 5) is 26.8. The Morgan fingerprint density at radius 2 is 2.15 bits per heavy atom. The Morgan fingerprint density at radius 1 is 1.45 bits per heavy atom. The van der Waals surface area contributed by atoms with Crippen LogP contribution in [-0.2, 0) is 6.54 Å². The number of hydrogen-bond donors (Lipinski definition) is 1. The van der Waals surface area contributed by atoms with Crippen LogP contribution in [0.5, 0.6) is 0 Å². The lowest BCUT2D eigenvalue weighted by molar-refractivity contribution is -0.384. The topological polar surface area (TPSA) is 78.0 Å². The predicted molar refractivity (Wildman–Crippen MR) is 80.3 cm³/mol. The quantitative estimate of drug-likeness (QED) is 0.533. The zero-order chi connectivity index (χ0) is 14.9. The standard InChI is InChI=1S/C13H15N3O3S/c1-13(2,7-20)6-15-8-14-11-4-3-9(16(18)19)5-10(11)12(15)17/h3-5,8,20H,6-7H2,1-2H3. The highest BCUT2D eigenvalue weighted by atomic mass is 32.1. The fraction of sp³-hybridized carbons (Fsp3) is 0.385. The largest absolute Gasteiger partial charge is 0.298 e. The van der Waals surface area contributed by atoms with Crippen LogP contribution in [0.4, 0.5) is 5.69 Å². The van der Waals surface area contributed by atoms with E-state index in [1.807, 2.05) is 13.8 Å². The van der Waals surface area contributed by atoms with Gasteiger partial charge in [-0.1, -0.05) is 13.8 Å². The summed E-state index contributed by atoms with van der Waals surface area (Å²) in [5.41, 5.74) is -0.0834. The molecule has 1 aromatic carbocycles. The summed E-state index contributed by atoms with van der Waals surface area (Å²) in [5, 5.41) is 11.0. The lowest BCUT2D eigenvalue weighted by atomic mass is 9.96. The Morgan fingerprint density at radius 3 is 2.75 bits per heavy atom. The second kappa shape index (κ2) is 5.24. The molecule has 20 heavy (non-hydrogen) atoms. The summed E-state index contributed by atoms with van der Waals surface area (Å²) in [5.74, 6) is 0.617. The number of thiol groups is 1. The van der Waals surface area contributed by atoms with Crippen molar-refractivity contribution in [1.82, 2.24) is 9.55 Å². The summed E-state index contributed by atoms with van der Waals surface area (Å²) in [7, 11) is 0. The Bertz CT molecular complexity index is 724. The maximum absolute atomic E-state index is 12.4. The number of benzene rings is 1. The van der Waals surface area contributed by atoms with E-state index in [1.54, 1.807) is 0 Å². The molecule has 0 saturated heterocycles. The van der Waals surface area contributed by atoms with E-state index in [0.29, 0.717) is 17.8 Å². The maximum atomic E-state index is 12.4. The van der Waals surface area contributed by atoms with Gasteiger partial charge in [-0.15, -0.1) is 0 Å². The minimum Gasteiger partial charge on any atom is -0.298 e. The molecular weight excluding hydrogens is 278 g/mol. The number of rotatable bonds is 4. The molecule has 0 aliphatic carbocycles. The van der Waals surface area contributed by atoms with E-state index >= 15 is 0 Å². The molecule has 106 valence electrons. The second-order valence-electron chi connectivity index (χ2n) is 5.46. The smallest absolute Gasteiger partial charge is 0.270 e. The molecule has 0 spiro atoms. The van der Waals surface area contributed by atoms with Gasteiger partial charge in [-0.2, -0.15) is 12.6 Å². The zero-order valence-electron chi connectivity index (χ0n) is 11.2. The van der Waals surface area contributed by atoms with Crippen LogP contribution in [0, 0.1) is 15.5 Å². The van der Waals surface area contributed by atoms with Gasteiger partial charge in [0.2, 0.25) is 0 Å². The maximum Gasteiger partial charge on any atom is 0.270 e. The summed E-state index contributed by atoms with van der Waals surface area (Å²) in [6.45, 7) is 4.44. The van der Waals surface area contributed by atoms with Crippen molar-refractivity contribution in [3.8, 4) is 0 Å². The van der Waals surface area contributed by atoms with Gasteiger partial charge in [-0.05, 0) is 17.2 Å². The third kappa shape index (κ3) is 2.82. The average Bonchev–Trinajstić information content (AvgIpc) is 2.41. The third-order valence-corrected chi connectivity index (χ3v) is 3.90. The lowest BCUT2D eigenvalue weighted by Gasteiger charge is -2.22. The average molecular weight is 293 g/mol. The molecule has 0 unspecified atom stereocenters. The number of hydrogen-bond acceptors (Lipinski definition) is 5. The highest BCUT2D eigenvalue weighted by Gasteiger charge is 2.18. The monoisotopic (exact) mass is 293 g/mol. The lowest BCUT2D eigenvalue weighted by Crippen LogP contribution is -2.29. The first-order valence-electron chi connectivity index (χ1n) is 6.08. The van der Waals surface area contributed by atoms with E-state index in [0.717, 1.165) is 0 Å². The minimum absolute atomic E-state index is 0.109. The molecule has 6 nitrogen and oxygen atoms in total. The molecule has 0 aliphatic rings. The van der Waals surface area contributed by atoms with E-state index in [2.05, 4.69) is 17.6 Å². The number of nitro groups is 1. The van der Waals surface area contributed by atoms with Crippen molar-refractivity contribution >= 4 is 29.2 Å². The molecule has 2 aromatic rings. The van der Waals surface area contributed by atoms with Crippen LogP contribution >= 0.6 is 12.6 Å². The normalized spacial score (nSPS) is 11.8. The Kier molecular flexibility index (Phi) is 3.80. The fourth-order valence-corrected chi connectivity index (χ4v) is 1.98. The van der Waals surface area contributed by atoms with Crippen molar-refractivity contribution < 1.29 is 4.92 Å². The first-order valence-corrected chi connectivity index (χ1v) is 6.72. The molecule has 0 atom stereocenters. The van der Waals surface area contributed by atoms with Gasteiger partial charge in [0.25, 0.3) is 11.2 Å². The Balaban J connectivity index is 2.57. The van der Waals surface area contributed by atoms with E-state index in [4.69, 9.17) is 0 Å².